The van der Waals surface area contributed by atoms with Crippen LogP contribution in [0.15, 0.2) is 42.9 Å². The molecule has 0 fully saturated rings. The van der Waals surface area contributed by atoms with E-state index in [1.165, 1.54) is 7.11 Å². The number of anilines is 1. The Morgan fingerprint density at radius 2 is 2.00 bits per heavy atom. The van der Waals surface area contributed by atoms with Crippen LogP contribution in [-0.2, 0) is 11.3 Å². The third-order valence-electron chi connectivity index (χ3n) is 3.00. The summed E-state index contributed by atoms with van der Waals surface area (Å²) < 4.78 is 4.73. The Hall–Kier alpha value is -2.43. The standard InChI is InChI=1S/C15H17N3O2/c1-3-18(11-12-4-7-16-8-5-12)14-10-13(6-9-17-14)15(19)20-2/h4-10H,3,11H2,1-2H3. The second kappa shape index (κ2) is 6.65. The van der Waals surface area contributed by atoms with Crippen molar-refractivity contribution < 1.29 is 9.53 Å². The molecule has 0 amide bonds. The molecule has 2 rings (SSSR count). The molecule has 0 atom stereocenters. The van der Waals surface area contributed by atoms with Gasteiger partial charge < -0.3 is 9.64 Å². The minimum absolute atomic E-state index is 0.353. The van der Waals surface area contributed by atoms with E-state index in [1.807, 2.05) is 19.1 Å². The Morgan fingerprint density at radius 1 is 1.25 bits per heavy atom. The van der Waals surface area contributed by atoms with E-state index in [4.69, 9.17) is 4.74 Å². The van der Waals surface area contributed by atoms with E-state index in [1.54, 1.807) is 30.7 Å². The van der Waals surface area contributed by atoms with Crippen LogP contribution in [0.1, 0.15) is 22.8 Å². The molecule has 0 bridgehead atoms. The Balaban J connectivity index is 2.21. The van der Waals surface area contributed by atoms with Crippen LogP contribution in [0, 0.1) is 0 Å². The van der Waals surface area contributed by atoms with Gasteiger partial charge in [0.25, 0.3) is 0 Å². The number of hydrogen-bond acceptors (Lipinski definition) is 5. The number of carbonyl (C=O) groups is 1. The van der Waals surface area contributed by atoms with Crippen molar-refractivity contribution in [2.75, 3.05) is 18.6 Å². The van der Waals surface area contributed by atoms with Crippen LogP contribution in [0.2, 0.25) is 0 Å². The highest BCUT2D eigenvalue weighted by atomic mass is 16.5. The van der Waals surface area contributed by atoms with E-state index in [-0.39, 0.29) is 5.97 Å². The number of aromatic nitrogens is 2. The summed E-state index contributed by atoms with van der Waals surface area (Å²) in [5.74, 6) is 0.404. The van der Waals surface area contributed by atoms with E-state index in [9.17, 15) is 4.79 Å². The Morgan fingerprint density at radius 3 is 2.65 bits per heavy atom. The Bertz CT molecular complexity index is 572. The van der Waals surface area contributed by atoms with Crippen LogP contribution < -0.4 is 4.90 Å². The van der Waals surface area contributed by atoms with E-state index in [0.29, 0.717) is 5.56 Å². The van der Waals surface area contributed by atoms with Gasteiger partial charge in [-0.05, 0) is 36.8 Å². The molecule has 0 aliphatic heterocycles. The molecule has 0 radical (unpaired) electrons. The second-order valence-electron chi connectivity index (χ2n) is 4.26. The molecular weight excluding hydrogens is 254 g/mol. The van der Waals surface area contributed by atoms with Crippen LogP contribution in [0.25, 0.3) is 0 Å². The third-order valence-corrected chi connectivity index (χ3v) is 3.00. The highest BCUT2D eigenvalue weighted by Gasteiger charge is 2.11. The number of nitrogens with zero attached hydrogens (tertiary/aromatic N) is 3. The zero-order valence-electron chi connectivity index (χ0n) is 11.6. The van der Waals surface area contributed by atoms with Crippen LogP contribution in [-0.4, -0.2) is 29.6 Å². The largest absolute Gasteiger partial charge is 0.465 e. The quantitative estimate of drug-likeness (QED) is 0.781. The lowest BCUT2D eigenvalue weighted by molar-refractivity contribution is 0.0600. The molecule has 0 aliphatic rings. The maximum atomic E-state index is 11.6. The number of rotatable bonds is 5. The smallest absolute Gasteiger partial charge is 0.338 e. The minimum Gasteiger partial charge on any atom is -0.465 e. The molecule has 0 aromatic carbocycles. The fourth-order valence-electron chi connectivity index (χ4n) is 1.90. The fraction of sp³-hybridized carbons (Fsp3) is 0.267. The molecule has 0 N–H and O–H groups in total. The summed E-state index contributed by atoms with van der Waals surface area (Å²) in [6.45, 7) is 3.56. The molecule has 0 saturated carbocycles. The Kier molecular flexibility index (Phi) is 4.65. The van der Waals surface area contributed by atoms with Crippen molar-refractivity contribution in [3.8, 4) is 0 Å². The lowest BCUT2D eigenvalue weighted by Crippen LogP contribution is -2.23. The van der Waals surface area contributed by atoms with Gasteiger partial charge in [-0.3, -0.25) is 4.98 Å². The molecule has 5 nitrogen and oxygen atoms in total. The lowest BCUT2D eigenvalue weighted by Gasteiger charge is -2.22. The average Bonchev–Trinajstić information content (AvgIpc) is 2.53. The van der Waals surface area contributed by atoms with Gasteiger partial charge in [-0.1, -0.05) is 0 Å². The van der Waals surface area contributed by atoms with Gasteiger partial charge in [0.1, 0.15) is 5.82 Å². The van der Waals surface area contributed by atoms with Crippen LogP contribution in [0.5, 0.6) is 0 Å². The van der Waals surface area contributed by atoms with Crippen molar-refractivity contribution in [1.29, 1.82) is 0 Å². The number of pyridine rings is 2. The van der Waals surface area contributed by atoms with Crippen LogP contribution in [0.3, 0.4) is 0 Å². The van der Waals surface area contributed by atoms with Crippen molar-refractivity contribution in [2.24, 2.45) is 0 Å². The molecule has 2 heterocycles. The second-order valence-corrected chi connectivity index (χ2v) is 4.26. The highest BCUT2D eigenvalue weighted by Crippen LogP contribution is 2.16. The summed E-state index contributed by atoms with van der Waals surface area (Å²) in [7, 11) is 1.37. The molecule has 0 aliphatic carbocycles. The number of hydrogen-bond donors (Lipinski definition) is 0. The zero-order chi connectivity index (χ0) is 14.4. The molecule has 2 aromatic rings. The van der Waals surface area contributed by atoms with Gasteiger partial charge in [0.2, 0.25) is 0 Å². The first-order chi connectivity index (χ1) is 9.74. The van der Waals surface area contributed by atoms with Crippen molar-refractivity contribution in [2.45, 2.75) is 13.5 Å². The number of methoxy groups -OCH3 is 1. The zero-order valence-corrected chi connectivity index (χ0v) is 11.6. The van der Waals surface area contributed by atoms with Crippen LogP contribution in [0.4, 0.5) is 5.82 Å². The van der Waals surface area contributed by atoms with Gasteiger partial charge >= 0.3 is 5.97 Å². The minimum atomic E-state index is -0.353. The monoisotopic (exact) mass is 271 g/mol. The van der Waals surface area contributed by atoms with E-state index in [0.717, 1.165) is 24.5 Å². The summed E-state index contributed by atoms with van der Waals surface area (Å²) in [5, 5.41) is 0. The number of carbonyl (C=O) groups excluding carboxylic acids is 1. The molecular formula is C15H17N3O2. The predicted molar refractivity (Wildman–Crippen MR) is 76.5 cm³/mol. The SMILES string of the molecule is CCN(Cc1ccncc1)c1cc(C(=O)OC)ccn1. The van der Waals surface area contributed by atoms with Gasteiger partial charge in [0.05, 0.1) is 12.7 Å². The van der Waals surface area contributed by atoms with E-state index >= 15 is 0 Å². The summed E-state index contributed by atoms with van der Waals surface area (Å²) >= 11 is 0. The lowest BCUT2D eigenvalue weighted by atomic mass is 10.2. The fourth-order valence-corrected chi connectivity index (χ4v) is 1.90. The van der Waals surface area contributed by atoms with Gasteiger partial charge in [-0.15, -0.1) is 0 Å². The number of ether oxygens (including phenoxy) is 1. The molecule has 0 unspecified atom stereocenters. The van der Waals surface area contributed by atoms with E-state index < -0.39 is 0 Å². The molecule has 2 aromatic heterocycles. The summed E-state index contributed by atoms with van der Waals surface area (Å²) in [6.07, 6.45) is 5.15. The first-order valence-electron chi connectivity index (χ1n) is 6.42. The predicted octanol–water partition coefficient (Wildman–Crippen LogP) is 2.29. The highest BCUT2D eigenvalue weighted by molar-refractivity contribution is 5.90. The molecule has 0 spiro atoms. The van der Waals surface area contributed by atoms with Gasteiger partial charge in [0, 0.05) is 31.7 Å². The van der Waals surface area contributed by atoms with Gasteiger partial charge in [-0.25, -0.2) is 9.78 Å². The van der Waals surface area contributed by atoms with Gasteiger partial charge in [0.15, 0.2) is 0 Å². The van der Waals surface area contributed by atoms with Crippen molar-refractivity contribution in [3.63, 3.8) is 0 Å². The normalized spacial score (nSPS) is 10.1. The number of esters is 1. The van der Waals surface area contributed by atoms with Crippen molar-refractivity contribution >= 4 is 11.8 Å². The summed E-state index contributed by atoms with van der Waals surface area (Å²) in [6, 6.07) is 7.33. The summed E-state index contributed by atoms with van der Waals surface area (Å²) in [5.41, 5.74) is 1.65. The third kappa shape index (κ3) is 3.32. The van der Waals surface area contributed by atoms with E-state index in [2.05, 4.69) is 14.9 Å². The average molecular weight is 271 g/mol. The molecule has 104 valence electrons. The maximum Gasteiger partial charge on any atom is 0.338 e. The molecule has 5 heteroatoms. The summed E-state index contributed by atoms with van der Waals surface area (Å²) in [4.78, 5) is 22.0. The first-order valence-corrected chi connectivity index (χ1v) is 6.42. The van der Waals surface area contributed by atoms with Gasteiger partial charge in [-0.2, -0.15) is 0 Å². The molecule has 20 heavy (non-hydrogen) atoms. The molecule has 0 saturated heterocycles. The maximum absolute atomic E-state index is 11.6. The van der Waals surface area contributed by atoms with Crippen LogP contribution >= 0.6 is 0 Å². The van der Waals surface area contributed by atoms with Crippen molar-refractivity contribution in [1.82, 2.24) is 9.97 Å². The van der Waals surface area contributed by atoms with Crippen molar-refractivity contribution in [3.05, 3.63) is 54.0 Å². The first kappa shape index (κ1) is 14.0. The topological polar surface area (TPSA) is 55.3 Å². The Labute approximate surface area is 118 Å².